The first-order valence-electron chi connectivity index (χ1n) is 10.7. The second kappa shape index (κ2) is 12.3. The molecule has 0 bridgehead atoms. The lowest BCUT2D eigenvalue weighted by Crippen LogP contribution is -2.33. The monoisotopic (exact) mass is 573 g/mol. The third-order valence-corrected chi connectivity index (χ3v) is 7.27. The van der Waals surface area contributed by atoms with Gasteiger partial charge in [0.2, 0.25) is 5.91 Å². The molecule has 2 aromatic carbocycles. The molecule has 1 atom stereocenters. The zero-order valence-electron chi connectivity index (χ0n) is 19.1. The number of hydrogen-bond acceptors (Lipinski definition) is 5. The molecule has 1 aromatic heterocycles. The molecule has 1 heterocycles. The van der Waals surface area contributed by atoms with Crippen LogP contribution < -0.4 is 10.6 Å². The van der Waals surface area contributed by atoms with Gasteiger partial charge in [-0.2, -0.15) is 0 Å². The highest BCUT2D eigenvalue weighted by atomic mass is 35.5. The molecule has 2 amide bonds. The minimum Gasteiger partial charge on any atom is -0.342 e. The maximum Gasteiger partial charge on any atom is 0.251 e. The molecule has 0 aliphatic carbocycles. The van der Waals surface area contributed by atoms with E-state index in [1.54, 1.807) is 30.3 Å². The van der Waals surface area contributed by atoms with Crippen molar-refractivity contribution < 1.29 is 9.59 Å². The Morgan fingerprint density at radius 3 is 2.37 bits per heavy atom. The van der Waals surface area contributed by atoms with E-state index in [4.69, 9.17) is 46.4 Å². The van der Waals surface area contributed by atoms with Crippen molar-refractivity contribution in [3.8, 4) is 0 Å². The summed E-state index contributed by atoms with van der Waals surface area (Å²) in [5.74, 6) is 0.157. The van der Waals surface area contributed by atoms with Crippen molar-refractivity contribution in [1.29, 1.82) is 0 Å². The fraction of sp³-hybridized carbons (Fsp3) is 0.304. The summed E-state index contributed by atoms with van der Waals surface area (Å²) in [6, 6.07) is 9.14. The fourth-order valence-corrected chi connectivity index (χ4v) is 4.80. The number of nitrogens with zero attached hydrogens (tertiary/aromatic N) is 3. The molecule has 186 valence electrons. The second-order valence-corrected chi connectivity index (χ2v) is 10.5. The molecule has 3 rings (SSSR count). The van der Waals surface area contributed by atoms with Crippen LogP contribution in [0.1, 0.15) is 43.0 Å². The Hall–Kier alpha value is -1.97. The van der Waals surface area contributed by atoms with Crippen LogP contribution in [0.2, 0.25) is 20.1 Å². The van der Waals surface area contributed by atoms with Crippen molar-refractivity contribution in [3.05, 3.63) is 67.9 Å². The molecule has 2 N–H and O–H groups in total. The summed E-state index contributed by atoms with van der Waals surface area (Å²) >= 11 is 25.3. The molecule has 7 nitrogen and oxygen atoms in total. The van der Waals surface area contributed by atoms with Gasteiger partial charge in [-0.3, -0.25) is 9.59 Å². The van der Waals surface area contributed by atoms with E-state index in [9.17, 15) is 9.59 Å². The zero-order valence-corrected chi connectivity index (χ0v) is 23.0. The Morgan fingerprint density at radius 1 is 1.00 bits per heavy atom. The summed E-state index contributed by atoms with van der Waals surface area (Å²) < 4.78 is 1.88. The first-order chi connectivity index (χ1) is 16.6. The highest BCUT2D eigenvalue weighted by Crippen LogP contribution is 2.28. The number of carbonyl (C=O) groups excluding carboxylic acids is 2. The van der Waals surface area contributed by atoms with E-state index >= 15 is 0 Å². The summed E-state index contributed by atoms with van der Waals surface area (Å²) in [4.78, 5) is 25.4. The lowest BCUT2D eigenvalue weighted by molar-refractivity contribution is -0.113. The van der Waals surface area contributed by atoms with Gasteiger partial charge in [0.25, 0.3) is 5.91 Å². The molecular weight excluding hydrogens is 552 g/mol. The van der Waals surface area contributed by atoms with E-state index in [-0.39, 0.29) is 23.5 Å². The fourth-order valence-electron chi connectivity index (χ4n) is 3.23. The van der Waals surface area contributed by atoms with Gasteiger partial charge in [0.05, 0.1) is 32.5 Å². The second-order valence-electron chi connectivity index (χ2n) is 7.87. The van der Waals surface area contributed by atoms with E-state index in [1.165, 1.54) is 17.8 Å². The van der Waals surface area contributed by atoms with Crippen LogP contribution in [-0.2, 0) is 11.3 Å². The first-order valence-corrected chi connectivity index (χ1v) is 13.2. The van der Waals surface area contributed by atoms with Gasteiger partial charge in [0, 0.05) is 17.1 Å². The molecule has 35 heavy (non-hydrogen) atoms. The lowest BCUT2D eigenvalue weighted by Gasteiger charge is -2.22. The predicted octanol–water partition coefficient (Wildman–Crippen LogP) is 6.77. The van der Waals surface area contributed by atoms with Gasteiger partial charge in [-0.15, -0.1) is 10.2 Å². The van der Waals surface area contributed by atoms with Gasteiger partial charge in [-0.1, -0.05) is 72.0 Å². The van der Waals surface area contributed by atoms with Gasteiger partial charge in [-0.25, -0.2) is 0 Å². The highest BCUT2D eigenvalue weighted by molar-refractivity contribution is 7.99. The number of rotatable bonds is 9. The number of nitrogens with one attached hydrogen (secondary N) is 2. The molecule has 0 unspecified atom stereocenters. The molecule has 12 heteroatoms. The number of aromatic nitrogens is 3. The van der Waals surface area contributed by atoms with E-state index in [2.05, 4.69) is 20.8 Å². The van der Waals surface area contributed by atoms with Crippen molar-refractivity contribution in [1.82, 2.24) is 20.1 Å². The largest absolute Gasteiger partial charge is 0.342 e. The Bertz CT molecular complexity index is 1230. The normalized spacial score (nSPS) is 12.0. The molecule has 0 fully saturated rings. The third kappa shape index (κ3) is 7.05. The molecule has 0 saturated heterocycles. The smallest absolute Gasteiger partial charge is 0.251 e. The summed E-state index contributed by atoms with van der Waals surface area (Å²) in [6.45, 7) is 6.46. The van der Waals surface area contributed by atoms with Crippen LogP contribution >= 0.6 is 58.2 Å². The lowest BCUT2D eigenvalue weighted by atomic mass is 10.0. The molecule has 3 aromatic rings. The molecule has 0 aliphatic rings. The van der Waals surface area contributed by atoms with Gasteiger partial charge in [-0.05, 0) is 49.2 Å². The average Bonchev–Trinajstić information content (AvgIpc) is 3.21. The Labute approximate surface area is 227 Å². The number of halogens is 4. The third-order valence-electron chi connectivity index (χ3n) is 5.01. The number of amides is 2. The Balaban J connectivity index is 1.72. The maximum absolute atomic E-state index is 12.9. The molecule has 0 aliphatic heterocycles. The van der Waals surface area contributed by atoms with E-state index < -0.39 is 6.04 Å². The van der Waals surface area contributed by atoms with Crippen LogP contribution in [-0.4, -0.2) is 32.3 Å². The van der Waals surface area contributed by atoms with Crippen LogP contribution in [0.5, 0.6) is 0 Å². The molecule has 0 saturated carbocycles. The Kier molecular flexibility index (Phi) is 9.72. The molecular formula is C23H23Cl4N5O2S. The van der Waals surface area contributed by atoms with Gasteiger partial charge in [0.15, 0.2) is 11.0 Å². The minimum absolute atomic E-state index is 0.0180. The minimum atomic E-state index is -0.416. The maximum atomic E-state index is 12.9. The van der Waals surface area contributed by atoms with E-state index in [0.29, 0.717) is 48.9 Å². The zero-order chi connectivity index (χ0) is 25.7. The van der Waals surface area contributed by atoms with Gasteiger partial charge in [0.1, 0.15) is 0 Å². The summed E-state index contributed by atoms with van der Waals surface area (Å²) in [7, 11) is 0. The molecule has 0 spiro atoms. The number of hydrogen-bond donors (Lipinski definition) is 2. The summed E-state index contributed by atoms with van der Waals surface area (Å²) in [6.07, 6.45) is 0. The topological polar surface area (TPSA) is 88.9 Å². The highest BCUT2D eigenvalue weighted by Gasteiger charge is 2.26. The van der Waals surface area contributed by atoms with E-state index in [0.717, 1.165) is 0 Å². The summed E-state index contributed by atoms with van der Waals surface area (Å²) in [5.41, 5.74) is 0.865. The predicted molar refractivity (Wildman–Crippen MR) is 143 cm³/mol. The van der Waals surface area contributed by atoms with Crippen LogP contribution in [0.25, 0.3) is 0 Å². The SMILES string of the molecule is CCn1c(SCC(=O)Nc2ccc(Cl)cc2Cl)nnc1[C@H](NC(=O)c1ccc(Cl)c(Cl)c1)C(C)C. The van der Waals surface area contributed by atoms with Crippen LogP contribution in [0, 0.1) is 5.92 Å². The molecule has 0 radical (unpaired) electrons. The standard InChI is InChI=1S/C23H23Cl4N5O2S/c1-4-32-21(20(12(2)3)29-22(34)13-5-7-15(25)16(26)9-13)30-31-23(32)35-11-19(33)28-18-8-6-14(24)10-17(18)27/h5-10,12,20H,4,11H2,1-3H3,(H,28,33)(H,29,34)/t20-/m1/s1. The number of anilines is 1. The van der Waals surface area contributed by atoms with Crippen LogP contribution in [0.4, 0.5) is 5.69 Å². The van der Waals surface area contributed by atoms with Crippen molar-refractivity contribution in [2.24, 2.45) is 5.92 Å². The quantitative estimate of drug-likeness (QED) is 0.275. The van der Waals surface area contributed by atoms with E-state index in [1.807, 2.05) is 25.3 Å². The van der Waals surface area contributed by atoms with Crippen LogP contribution in [0.15, 0.2) is 41.6 Å². The van der Waals surface area contributed by atoms with Crippen molar-refractivity contribution >= 4 is 75.7 Å². The van der Waals surface area contributed by atoms with Gasteiger partial charge >= 0.3 is 0 Å². The average molecular weight is 575 g/mol. The number of benzene rings is 2. The number of thioether (sulfide) groups is 1. The first kappa shape index (κ1) is 27.6. The summed E-state index contributed by atoms with van der Waals surface area (Å²) in [5, 5.41) is 16.5. The van der Waals surface area contributed by atoms with Crippen LogP contribution in [0.3, 0.4) is 0 Å². The van der Waals surface area contributed by atoms with Gasteiger partial charge < -0.3 is 15.2 Å². The van der Waals surface area contributed by atoms with Crippen molar-refractivity contribution in [2.75, 3.05) is 11.1 Å². The Morgan fingerprint density at radius 2 is 1.74 bits per heavy atom. The number of carbonyl (C=O) groups is 2. The van der Waals surface area contributed by atoms with Crippen molar-refractivity contribution in [3.63, 3.8) is 0 Å². The van der Waals surface area contributed by atoms with Crippen molar-refractivity contribution in [2.45, 2.75) is 38.5 Å².